The molecule has 1 fully saturated rings. The van der Waals surface area contributed by atoms with Gasteiger partial charge in [-0.3, -0.25) is 9.59 Å². The van der Waals surface area contributed by atoms with Crippen LogP contribution in [0.15, 0.2) is 66.9 Å². The van der Waals surface area contributed by atoms with E-state index in [1.54, 1.807) is 42.6 Å². The molecule has 0 radical (unpaired) electrons. The highest BCUT2D eigenvalue weighted by Gasteiger charge is 2.31. The zero-order valence-corrected chi connectivity index (χ0v) is 18.0. The van der Waals surface area contributed by atoms with E-state index in [4.69, 9.17) is 4.74 Å². The number of nitrogens with one attached hydrogen (secondary N) is 2. The fourth-order valence-electron chi connectivity index (χ4n) is 3.32. The molecule has 8 nitrogen and oxygen atoms in total. The Hall–Kier alpha value is -4.41. The molecule has 0 saturated heterocycles. The van der Waals surface area contributed by atoms with Crippen molar-refractivity contribution in [3.8, 4) is 11.6 Å². The van der Waals surface area contributed by atoms with Crippen molar-refractivity contribution in [2.75, 3.05) is 10.6 Å². The summed E-state index contributed by atoms with van der Waals surface area (Å²) in [6.45, 7) is 0. The van der Waals surface area contributed by atoms with Gasteiger partial charge in [-0.1, -0.05) is 6.07 Å². The summed E-state index contributed by atoms with van der Waals surface area (Å²) in [6.07, 6.45) is -1.11. The predicted molar refractivity (Wildman–Crippen MR) is 120 cm³/mol. The quantitative estimate of drug-likeness (QED) is 0.397. The van der Waals surface area contributed by atoms with Gasteiger partial charge in [-0.2, -0.15) is 13.2 Å². The van der Waals surface area contributed by atoms with Gasteiger partial charge in [-0.05, 0) is 55.3 Å². The van der Waals surface area contributed by atoms with E-state index >= 15 is 0 Å². The number of fused-ring (bicyclic) bond motifs is 1. The average Bonchev–Trinajstić information content (AvgIpc) is 3.60. The number of rotatable bonds is 6. The molecule has 1 saturated carbocycles. The first kappa shape index (κ1) is 22.4. The second kappa shape index (κ2) is 8.75. The molecule has 4 aromatic rings. The summed E-state index contributed by atoms with van der Waals surface area (Å²) in [5.74, 6) is 0.471. The molecular formula is C24H18F3N5O3. The Morgan fingerprint density at radius 3 is 2.49 bits per heavy atom. The van der Waals surface area contributed by atoms with Gasteiger partial charge < -0.3 is 15.4 Å². The fourth-order valence-corrected chi connectivity index (χ4v) is 3.32. The number of carbonyl (C=O) groups excluding carboxylic acids is 2. The van der Waals surface area contributed by atoms with Gasteiger partial charge in [0.05, 0.1) is 11.8 Å². The largest absolute Gasteiger partial charge is 0.438 e. The lowest BCUT2D eigenvalue weighted by atomic mass is 10.1. The van der Waals surface area contributed by atoms with Gasteiger partial charge in [-0.15, -0.1) is 5.10 Å². The standard InChI is InChI=1S/C24H18F3N5O3/c25-24(26,27)16-8-6-15(7-9-16)22(33)28-17-2-1-3-18(12-17)35-21-11-10-20-29-19(13-32(20)31-21)30-23(34)14-4-5-14/h1-3,6-14H,4-5H2,(H,28,33)(H,30,34). The molecule has 2 aromatic carbocycles. The Bertz CT molecular complexity index is 1410. The molecule has 0 aliphatic heterocycles. The van der Waals surface area contributed by atoms with Crippen molar-refractivity contribution in [3.05, 3.63) is 78.0 Å². The van der Waals surface area contributed by atoms with Crippen molar-refractivity contribution in [1.29, 1.82) is 0 Å². The average molecular weight is 481 g/mol. The number of nitrogens with zero attached hydrogens (tertiary/aromatic N) is 3. The highest BCUT2D eigenvalue weighted by Crippen LogP contribution is 2.31. The Balaban J connectivity index is 1.26. The van der Waals surface area contributed by atoms with Crippen molar-refractivity contribution in [3.63, 3.8) is 0 Å². The van der Waals surface area contributed by atoms with Gasteiger partial charge in [0.2, 0.25) is 11.8 Å². The van der Waals surface area contributed by atoms with Crippen LogP contribution in [0, 0.1) is 5.92 Å². The number of carbonyl (C=O) groups is 2. The van der Waals surface area contributed by atoms with E-state index in [1.165, 1.54) is 4.52 Å². The molecule has 11 heteroatoms. The molecule has 178 valence electrons. The number of alkyl halides is 3. The van der Waals surface area contributed by atoms with Crippen molar-refractivity contribution in [1.82, 2.24) is 14.6 Å². The second-order valence-electron chi connectivity index (χ2n) is 8.02. The van der Waals surface area contributed by atoms with E-state index in [9.17, 15) is 22.8 Å². The molecule has 1 aliphatic rings. The maximum Gasteiger partial charge on any atom is 0.416 e. The van der Waals surface area contributed by atoms with Crippen LogP contribution in [0.25, 0.3) is 5.65 Å². The number of hydrogen-bond donors (Lipinski definition) is 2. The van der Waals surface area contributed by atoms with Gasteiger partial charge >= 0.3 is 6.18 Å². The van der Waals surface area contributed by atoms with Crippen LogP contribution in [0.5, 0.6) is 11.6 Å². The van der Waals surface area contributed by atoms with E-state index in [2.05, 4.69) is 20.7 Å². The molecule has 35 heavy (non-hydrogen) atoms. The normalized spacial score (nSPS) is 13.5. The molecule has 0 unspecified atom stereocenters. The number of imidazole rings is 1. The number of aromatic nitrogens is 3. The van der Waals surface area contributed by atoms with Crippen LogP contribution in [-0.2, 0) is 11.0 Å². The number of amides is 2. The smallest absolute Gasteiger partial charge is 0.416 e. The third-order valence-electron chi connectivity index (χ3n) is 5.28. The van der Waals surface area contributed by atoms with Gasteiger partial charge in [0.15, 0.2) is 11.5 Å². The van der Waals surface area contributed by atoms with Crippen LogP contribution >= 0.6 is 0 Å². The molecule has 2 N–H and O–H groups in total. The van der Waals surface area contributed by atoms with Crippen LogP contribution in [0.1, 0.15) is 28.8 Å². The summed E-state index contributed by atoms with van der Waals surface area (Å²) in [5, 5.41) is 9.72. The van der Waals surface area contributed by atoms with Crippen LogP contribution in [0.4, 0.5) is 24.7 Å². The first-order valence-electron chi connectivity index (χ1n) is 10.7. The van der Waals surface area contributed by atoms with Gasteiger partial charge in [-0.25, -0.2) is 9.50 Å². The Morgan fingerprint density at radius 2 is 1.77 bits per heavy atom. The highest BCUT2D eigenvalue weighted by atomic mass is 19.4. The second-order valence-corrected chi connectivity index (χ2v) is 8.02. The molecule has 0 atom stereocenters. The lowest BCUT2D eigenvalue weighted by molar-refractivity contribution is -0.137. The topological polar surface area (TPSA) is 97.6 Å². The number of hydrogen-bond acceptors (Lipinski definition) is 5. The van der Waals surface area contributed by atoms with Crippen molar-refractivity contribution in [2.24, 2.45) is 5.92 Å². The van der Waals surface area contributed by atoms with Gasteiger partial charge in [0, 0.05) is 29.3 Å². The molecule has 2 amide bonds. The predicted octanol–water partition coefficient (Wildman–Crippen LogP) is 5.14. The Morgan fingerprint density at radius 1 is 1.00 bits per heavy atom. The van der Waals surface area contributed by atoms with Crippen molar-refractivity contribution >= 4 is 29.0 Å². The lowest BCUT2D eigenvalue weighted by Crippen LogP contribution is -2.13. The van der Waals surface area contributed by atoms with E-state index in [0.717, 1.165) is 37.1 Å². The van der Waals surface area contributed by atoms with Crippen LogP contribution in [0.2, 0.25) is 0 Å². The molecule has 0 spiro atoms. The summed E-state index contributed by atoms with van der Waals surface area (Å²) in [6, 6.07) is 13.7. The molecule has 5 rings (SSSR count). The van der Waals surface area contributed by atoms with Crippen LogP contribution in [-0.4, -0.2) is 26.4 Å². The summed E-state index contributed by atoms with van der Waals surface area (Å²) in [4.78, 5) is 28.7. The maximum atomic E-state index is 12.7. The third-order valence-corrected chi connectivity index (χ3v) is 5.28. The number of ether oxygens (including phenoxy) is 1. The monoisotopic (exact) mass is 481 g/mol. The van der Waals surface area contributed by atoms with Gasteiger partial charge in [0.1, 0.15) is 5.75 Å². The maximum absolute atomic E-state index is 12.7. The van der Waals surface area contributed by atoms with Gasteiger partial charge in [0.25, 0.3) is 5.91 Å². The molecule has 2 aromatic heterocycles. The summed E-state index contributed by atoms with van der Waals surface area (Å²) < 4.78 is 45.4. The van der Waals surface area contributed by atoms with E-state index < -0.39 is 17.6 Å². The third kappa shape index (κ3) is 5.24. The molecule has 1 aliphatic carbocycles. The summed E-state index contributed by atoms with van der Waals surface area (Å²) in [5.41, 5.74) is 0.174. The van der Waals surface area contributed by atoms with Crippen molar-refractivity contribution < 1.29 is 27.5 Å². The summed E-state index contributed by atoms with van der Waals surface area (Å²) >= 11 is 0. The SMILES string of the molecule is O=C(Nc1cccc(Oc2ccc3nc(NC(=O)C4CC4)cn3n2)c1)c1ccc(C(F)(F)F)cc1. The minimum atomic E-state index is -4.47. The molecular weight excluding hydrogens is 463 g/mol. The Kier molecular flexibility index (Phi) is 5.59. The van der Waals surface area contributed by atoms with E-state index in [-0.39, 0.29) is 23.3 Å². The van der Waals surface area contributed by atoms with Crippen molar-refractivity contribution in [2.45, 2.75) is 19.0 Å². The first-order chi connectivity index (χ1) is 16.7. The molecule has 2 heterocycles. The van der Waals surface area contributed by atoms with Crippen LogP contribution < -0.4 is 15.4 Å². The minimum Gasteiger partial charge on any atom is -0.438 e. The first-order valence-corrected chi connectivity index (χ1v) is 10.7. The number of anilines is 2. The minimum absolute atomic E-state index is 0.0543. The van der Waals surface area contributed by atoms with E-state index in [1.807, 2.05) is 0 Å². The fraction of sp³-hybridized carbons (Fsp3) is 0.167. The molecule has 0 bridgehead atoms. The Labute approximate surface area is 196 Å². The van der Waals surface area contributed by atoms with E-state index in [0.29, 0.717) is 22.9 Å². The summed E-state index contributed by atoms with van der Waals surface area (Å²) in [7, 11) is 0. The number of halogens is 3. The zero-order valence-electron chi connectivity index (χ0n) is 18.0. The highest BCUT2D eigenvalue weighted by molar-refractivity contribution is 6.04. The lowest BCUT2D eigenvalue weighted by Gasteiger charge is -2.10. The number of benzene rings is 2. The van der Waals surface area contributed by atoms with Crippen LogP contribution in [0.3, 0.4) is 0 Å². The zero-order chi connectivity index (χ0) is 24.6.